The van der Waals surface area contributed by atoms with E-state index in [2.05, 4.69) is 29.0 Å². The first-order chi connectivity index (χ1) is 10.5. The molecular formula is C15H21N5O2. The Morgan fingerprint density at radius 1 is 1.41 bits per heavy atom. The van der Waals surface area contributed by atoms with Gasteiger partial charge in [-0.2, -0.15) is 0 Å². The monoisotopic (exact) mass is 303 g/mol. The Morgan fingerprint density at radius 2 is 2.18 bits per heavy atom. The largest absolute Gasteiger partial charge is 0.449 e. The second kappa shape index (κ2) is 5.55. The molecule has 1 amide bonds. The summed E-state index contributed by atoms with van der Waals surface area (Å²) in [4.78, 5) is 18.9. The standard InChI is InChI=1S/C15H21N5O2/c1-5-19-7-13-17-18-14(11-8-22-10(4)16-11)20(13)12(15(19)21)6-9(2)3/h8-9,12H,5-7H2,1-4H3/t12-/m0/s1. The van der Waals surface area contributed by atoms with Crippen LogP contribution in [0, 0.1) is 12.8 Å². The number of nitrogens with zero attached hydrogens (tertiary/aromatic N) is 5. The van der Waals surface area contributed by atoms with Crippen molar-refractivity contribution in [1.82, 2.24) is 24.6 Å². The van der Waals surface area contributed by atoms with Gasteiger partial charge in [-0.25, -0.2) is 4.98 Å². The van der Waals surface area contributed by atoms with E-state index in [1.807, 2.05) is 16.4 Å². The maximum absolute atomic E-state index is 12.7. The van der Waals surface area contributed by atoms with Crippen LogP contribution in [0.2, 0.25) is 0 Å². The van der Waals surface area contributed by atoms with Gasteiger partial charge in [0.1, 0.15) is 18.0 Å². The molecule has 0 fully saturated rings. The molecule has 3 rings (SSSR count). The first-order valence-electron chi connectivity index (χ1n) is 7.66. The topological polar surface area (TPSA) is 77.1 Å². The van der Waals surface area contributed by atoms with Gasteiger partial charge in [-0.3, -0.25) is 9.36 Å². The summed E-state index contributed by atoms with van der Waals surface area (Å²) in [6.07, 6.45) is 2.32. The van der Waals surface area contributed by atoms with Gasteiger partial charge < -0.3 is 9.32 Å². The lowest BCUT2D eigenvalue weighted by Crippen LogP contribution is -2.43. The molecule has 0 radical (unpaired) electrons. The van der Waals surface area contributed by atoms with Crippen LogP contribution in [0.4, 0.5) is 0 Å². The Hall–Kier alpha value is -2.18. The van der Waals surface area contributed by atoms with E-state index in [1.54, 1.807) is 13.2 Å². The lowest BCUT2D eigenvalue weighted by Gasteiger charge is -2.33. The van der Waals surface area contributed by atoms with Gasteiger partial charge in [0.05, 0.1) is 6.54 Å². The summed E-state index contributed by atoms with van der Waals surface area (Å²) in [7, 11) is 0. The quantitative estimate of drug-likeness (QED) is 0.865. The van der Waals surface area contributed by atoms with Crippen LogP contribution in [0.15, 0.2) is 10.7 Å². The normalized spacial score (nSPS) is 18.1. The van der Waals surface area contributed by atoms with Crippen molar-refractivity contribution in [2.24, 2.45) is 5.92 Å². The Balaban J connectivity index is 2.08. The van der Waals surface area contributed by atoms with Crippen molar-refractivity contribution in [3.8, 4) is 11.5 Å². The zero-order chi connectivity index (χ0) is 15.9. The maximum atomic E-state index is 12.7. The van der Waals surface area contributed by atoms with Crippen LogP contribution in [0.1, 0.15) is 44.9 Å². The van der Waals surface area contributed by atoms with E-state index in [9.17, 15) is 4.79 Å². The van der Waals surface area contributed by atoms with Gasteiger partial charge in [-0.05, 0) is 19.3 Å². The van der Waals surface area contributed by atoms with Crippen LogP contribution in [0.5, 0.6) is 0 Å². The molecule has 7 heteroatoms. The third kappa shape index (κ3) is 2.40. The van der Waals surface area contributed by atoms with Crippen molar-refractivity contribution in [1.29, 1.82) is 0 Å². The Kier molecular flexibility index (Phi) is 3.72. The third-order valence-corrected chi connectivity index (χ3v) is 3.93. The van der Waals surface area contributed by atoms with Crippen LogP contribution in [0.3, 0.4) is 0 Å². The molecule has 1 atom stereocenters. The molecule has 2 aromatic heterocycles. The van der Waals surface area contributed by atoms with Crippen molar-refractivity contribution in [2.75, 3.05) is 6.54 Å². The smallest absolute Gasteiger partial charge is 0.246 e. The van der Waals surface area contributed by atoms with Gasteiger partial charge >= 0.3 is 0 Å². The van der Waals surface area contributed by atoms with Gasteiger partial charge in [-0.1, -0.05) is 13.8 Å². The summed E-state index contributed by atoms with van der Waals surface area (Å²) in [5, 5.41) is 8.52. The van der Waals surface area contributed by atoms with Gasteiger partial charge in [0.15, 0.2) is 17.5 Å². The van der Waals surface area contributed by atoms with E-state index in [4.69, 9.17) is 4.42 Å². The van der Waals surface area contributed by atoms with Crippen molar-refractivity contribution in [2.45, 2.75) is 46.7 Å². The number of rotatable bonds is 4. The van der Waals surface area contributed by atoms with Crippen LogP contribution >= 0.6 is 0 Å². The zero-order valence-electron chi connectivity index (χ0n) is 13.4. The molecule has 22 heavy (non-hydrogen) atoms. The minimum absolute atomic E-state index is 0.130. The molecule has 0 aliphatic carbocycles. The lowest BCUT2D eigenvalue weighted by atomic mass is 10.0. The molecule has 0 saturated heterocycles. The predicted molar refractivity (Wildman–Crippen MR) is 79.8 cm³/mol. The van der Waals surface area contributed by atoms with Crippen LogP contribution < -0.4 is 0 Å². The van der Waals surface area contributed by atoms with Crippen molar-refractivity contribution in [3.63, 3.8) is 0 Å². The minimum Gasteiger partial charge on any atom is -0.449 e. The fraction of sp³-hybridized carbons (Fsp3) is 0.600. The SMILES string of the molecule is CCN1Cc2nnc(-c3coc(C)n3)n2[C@@H](CC(C)C)C1=O. The van der Waals surface area contributed by atoms with Gasteiger partial charge in [0.2, 0.25) is 5.91 Å². The van der Waals surface area contributed by atoms with E-state index in [0.29, 0.717) is 36.4 Å². The average molecular weight is 303 g/mol. The second-order valence-electron chi connectivity index (χ2n) is 6.06. The number of fused-ring (bicyclic) bond motifs is 1. The molecule has 0 aromatic carbocycles. The van der Waals surface area contributed by atoms with Crippen molar-refractivity contribution < 1.29 is 9.21 Å². The summed E-state index contributed by atoms with van der Waals surface area (Å²) in [5.41, 5.74) is 0.628. The first kappa shape index (κ1) is 14.7. The Bertz CT molecular complexity index is 688. The van der Waals surface area contributed by atoms with Crippen molar-refractivity contribution >= 4 is 5.91 Å². The highest BCUT2D eigenvalue weighted by Gasteiger charge is 2.36. The maximum Gasteiger partial charge on any atom is 0.246 e. The summed E-state index contributed by atoms with van der Waals surface area (Å²) in [6, 6.07) is -0.272. The first-order valence-corrected chi connectivity index (χ1v) is 7.66. The summed E-state index contributed by atoms with van der Waals surface area (Å²) in [5.74, 6) is 2.52. The molecule has 3 heterocycles. The third-order valence-electron chi connectivity index (χ3n) is 3.93. The number of likely N-dealkylation sites (N-methyl/N-ethyl adjacent to an activating group) is 1. The Labute approximate surface area is 129 Å². The number of hydrogen-bond donors (Lipinski definition) is 0. The van der Waals surface area contributed by atoms with E-state index < -0.39 is 0 Å². The van der Waals surface area contributed by atoms with E-state index >= 15 is 0 Å². The number of aryl methyl sites for hydroxylation is 1. The number of carbonyl (C=O) groups is 1. The second-order valence-corrected chi connectivity index (χ2v) is 6.06. The molecule has 0 N–H and O–H groups in total. The highest BCUT2D eigenvalue weighted by atomic mass is 16.3. The number of amides is 1. The highest BCUT2D eigenvalue weighted by molar-refractivity contribution is 5.82. The molecule has 0 bridgehead atoms. The summed E-state index contributed by atoms with van der Waals surface area (Å²) in [6.45, 7) is 9.17. The molecule has 118 valence electrons. The number of carbonyl (C=O) groups excluding carboxylic acids is 1. The number of hydrogen-bond acceptors (Lipinski definition) is 5. The van der Waals surface area contributed by atoms with E-state index in [-0.39, 0.29) is 11.9 Å². The summed E-state index contributed by atoms with van der Waals surface area (Å²) < 4.78 is 7.21. The van der Waals surface area contributed by atoms with E-state index in [1.165, 1.54) is 0 Å². The summed E-state index contributed by atoms with van der Waals surface area (Å²) >= 11 is 0. The zero-order valence-corrected chi connectivity index (χ0v) is 13.4. The molecule has 0 unspecified atom stereocenters. The molecule has 7 nitrogen and oxygen atoms in total. The molecule has 0 spiro atoms. The van der Waals surface area contributed by atoms with Crippen molar-refractivity contribution in [3.05, 3.63) is 18.0 Å². The van der Waals surface area contributed by atoms with Gasteiger partial charge in [-0.15, -0.1) is 10.2 Å². The minimum atomic E-state index is -0.272. The molecule has 0 saturated carbocycles. The fourth-order valence-corrected chi connectivity index (χ4v) is 2.89. The average Bonchev–Trinajstić information content (AvgIpc) is 3.07. The molecule has 1 aliphatic rings. The van der Waals surface area contributed by atoms with Gasteiger partial charge in [0, 0.05) is 13.5 Å². The van der Waals surface area contributed by atoms with Crippen LogP contribution in [0.25, 0.3) is 11.5 Å². The Morgan fingerprint density at radius 3 is 2.77 bits per heavy atom. The van der Waals surface area contributed by atoms with Crippen LogP contribution in [-0.4, -0.2) is 37.1 Å². The lowest BCUT2D eigenvalue weighted by molar-refractivity contribution is -0.137. The molecule has 2 aromatic rings. The van der Waals surface area contributed by atoms with E-state index in [0.717, 1.165) is 12.2 Å². The number of oxazole rings is 1. The molecule has 1 aliphatic heterocycles. The molecular weight excluding hydrogens is 282 g/mol. The van der Waals surface area contributed by atoms with Gasteiger partial charge in [0.25, 0.3) is 0 Å². The van der Waals surface area contributed by atoms with Crippen LogP contribution in [-0.2, 0) is 11.3 Å². The fourth-order valence-electron chi connectivity index (χ4n) is 2.89. The number of aromatic nitrogens is 4. The highest BCUT2D eigenvalue weighted by Crippen LogP contribution is 2.31. The predicted octanol–water partition coefficient (Wildman–Crippen LogP) is 2.19.